The van der Waals surface area contributed by atoms with Gasteiger partial charge in [0.05, 0.1) is 0 Å². The molecular weight excluding hydrogens is 214 g/mol. The summed E-state index contributed by atoms with van der Waals surface area (Å²) >= 11 is 0. The standard InChI is InChI=1S/C13H25N3O/c1-2-8-15-9-11-16(12-10-15)13(17)6-4-3-5-7-14/h2H,1,3-12,14H2. The normalized spacial score (nSPS) is 17.1. The Morgan fingerprint density at radius 1 is 1.18 bits per heavy atom. The molecule has 0 bridgehead atoms. The zero-order chi connectivity index (χ0) is 12.5. The first kappa shape index (κ1) is 14.2. The van der Waals surface area contributed by atoms with Gasteiger partial charge >= 0.3 is 0 Å². The molecule has 0 aromatic carbocycles. The third-order valence-electron chi connectivity index (χ3n) is 3.21. The molecule has 1 aliphatic heterocycles. The summed E-state index contributed by atoms with van der Waals surface area (Å²) in [5.74, 6) is 0.306. The third-order valence-corrected chi connectivity index (χ3v) is 3.21. The Hall–Kier alpha value is -0.870. The van der Waals surface area contributed by atoms with E-state index in [9.17, 15) is 4.79 Å². The van der Waals surface area contributed by atoms with Crippen LogP contribution in [0, 0.1) is 0 Å². The van der Waals surface area contributed by atoms with Crippen molar-refractivity contribution in [2.45, 2.75) is 25.7 Å². The molecule has 1 saturated heterocycles. The summed E-state index contributed by atoms with van der Waals surface area (Å²) in [4.78, 5) is 16.2. The minimum absolute atomic E-state index is 0.306. The van der Waals surface area contributed by atoms with E-state index in [2.05, 4.69) is 11.5 Å². The average Bonchev–Trinajstić information content (AvgIpc) is 2.36. The SMILES string of the molecule is C=CCN1CCN(C(=O)CCCCCN)CC1. The first-order valence-electron chi connectivity index (χ1n) is 6.59. The Balaban J connectivity index is 2.14. The fraction of sp³-hybridized carbons (Fsp3) is 0.769. The second kappa shape index (κ2) is 8.25. The molecule has 1 fully saturated rings. The molecule has 2 N–H and O–H groups in total. The smallest absolute Gasteiger partial charge is 0.222 e. The number of rotatable bonds is 7. The molecule has 0 radical (unpaired) electrons. The van der Waals surface area contributed by atoms with Gasteiger partial charge in [0.1, 0.15) is 0 Å². The molecule has 0 aliphatic carbocycles. The summed E-state index contributed by atoms with van der Waals surface area (Å²) < 4.78 is 0. The summed E-state index contributed by atoms with van der Waals surface area (Å²) in [5, 5.41) is 0. The van der Waals surface area contributed by atoms with Gasteiger partial charge in [-0.05, 0) is 19.4 Å². The van der Waals surface area contributed by atoms with E-state index in [1.165, 1.54) is 0 Å². The summed E-state index contributed by atoms with van der Waals surface area (Å²) in [7, 11) is 0. The summed E-state index contributed by atoms with van der Waals surface area (Å²) in [6.45, 7) is 9.07. The zero-order valence-corrected chi connectivity index (χ0v) is 10.7. The first-order valence-corrected chi connectivity index (χ1v) is 6.59. The second-order valence-electron chi connectivity index (χ2n) is 4.57. The van der Waals surface area contributed by atoms with Gasteiger partial charge in [-0.3, -0.25) is 9.69 Å². The number of hydrogen-bond donors (Lipinski definition) is 1. The first-order chi connectivity index (χ1) is 8.27. The highest BCUT2D eigenvalue weighted by Crippen LogP contribution is 2.07. The van der Waals surface area contributed by atoms with E-state index in [4.69, 9.17) is 5.73 Å². The van der Waals surface area contributed by atoms with Crippen LogP contribution < -0.4 is 5.73 Å². The lowest BCUT2D eigenvalue weighted by Gasteiger charge is -2.34. The number of piperazine rings is 1. The Morgan fingerprint density at radius 2 is 1.88 bits per heavy atom. The lowest BCUT2D eigenvalue weighted by atomic mass is 10.1. The van der Waals surface area contributed by atoms with Crippen molar-refractivity contribution < 1.29 is 4.79 Å². The minimum Gasteiger partial charge on any atom is -0.340 e. The maximum atomic E-state index is 11.9. The summed E-state index contributed by atoms with van der Waals surface area (Å²) in [6, 6.07) is 0. The lowest BCUT2D eigenvalue weighted by Crippen LogP contribution is -2.48. The molecule has 1 heterocycles. The predicted molar refractivity (Wildman–Crippen MR) is 70.7 cm³/mol. The predicted octanol–water partition coefficient (Wildman–Crippen LogP) is 0.836. The van der Waals surface area contributed by atoms with Crippen molar-refractivity contribution in [2.75, 3.05) is 39.3 Å². The number of carbonyl (C=O) groups excluding carboxylic acids is 1. The van der Waals surface area contributed by atoms with Crippen LogP contribution >= 0.6 is 0 Å². The molecule has 0 spiro atoms. The fourth-order valence-electron chi connectivity index (χ4n) is 2.12. The number of amides is 1. The molecule has 1 aliphatic rings. The topological polar surface area (TPSA) is 49.6 Å². The molecule has 17 heavy (non-hydrogen) atoms. The van der Waals surface area contributed by atoms with Crippen molar-refractivity contribution in [1.82, 2.24) is 9.80 Å². The van der Waals surface area contributed by atoms with Crippen LogP contribution in [0.2, 0.25) is 0 Å². The maximum absolute atomic E-state index is 11.9. The zero-order valence-electron chi connectivity index (χ0n) is 10.7. The van der Waals surface area contributed by atoms with Gasteiger partial charge in [-0.15, -0.1) is 6.58 Å². The Bertz CT molecular complexity index is 235. The van der Waals surface area contributed by atoms with E-state index < -0.39 is 0 Å². The van der Waals surface area contributed by atoms with Crippen molar-refractivity contribution in [3.8, 4) is 0 Å². The highest BCUT2D eigenvalue weighted by Gasteiger charge is 2.19. The number of nitrogens with two attached hydrogens (primary N) is 1. The Labute approximate surface area is 104 Å². The number of carbonyl (C=O) groups is 1. The molecule has 4 nitrogen and oxygen atoms in total. The van der Waals surface area contributed by atoms with Gasteiger partial charge in [-0.25, -0.2) is 0 Å². The molecular formula is C13H25N3O. The number of hydrogen-bond acceptors (Lipinski definition) is 3. The van der Waals surface area contributed by atoms with Crippen molar-refractivity contribution >= 4 is 5.91 Å². The second-order valence-corrected chi connectivity index (χ2v) is 4.57. The van der Waals surface area contributed by atoms with Gasteiger partial charge < -0.3 is 10.6 Å². The van der Waals surface area contributed by atoms with Crippen LogP contribution in [0.15, 0.2) is 12.7 Å². The van der Waals surface area contributed by atoms with E-state index >= 15 is 0 Å². The molecule has 98 valence electrons. The van der Waals surface area contributed by atoms with Crippen molar-refractivity contribution in [1.29, 1.82) is 0 Å². The quantitative estimate of drug-likeness (QED) is 0.529. The van der Waals surface area contributed by atoms with E-state index in [-0.39, 0.29) is 0 Å². The van der Waals surface area contributed by atoms with Crippen LogP contribution in [0.4, 0.5) is 0 Å². The van der Waals surface area contributed by atoms with Crippen LogP contribution in [-0.4, -0.2) is 55.0 Å². The largest absolute Gasteiger partial charge is 0.340 e. The summed E-state index contributed by atoms with van der Waals surface area (Å²) in [5.41, 5.74) is 5.42. The van der Waals surface area contributed by atoms with Crippen molar-refractivity contribution in [3.05, 3.63) is 12.7 Å². The van der Waals surface area contributed by atoms with Crippen LogP contribution in [0.3, 0.4) is 0 Å². The Morgan fingerprint density at radius 3 is 2.47 bits per heavy atom. The molecule has 0 saturated carbocycles. The highest BCUT2D eigenvalue weighted by atomic mass is 16.2. The number of unbranched alkanes of at least 4 members (excludes halogenated alkanes) is 2. The van der Waals surface area contributed by atoms with Gasteiger partial charge in [0.25, 0.3) is 0 Å². The van der Waals surface area contributed by atoms with E-state index in [0.717, 1.165) is 58.5 Å². The van der Waals surface area contributed by atoms with E-state index in [1.54, 1.807) is 0 Å². The van der Waals surface area contributed by atoms with Gasteiger partial charge in [0.2, 0.25) is 5.91 Å². The van der Waals surface area contributed by atoms with Crippen LogP contribution in [0.1, 0.15) is 25.7 Å². The van der Waals surface area contributed by atoms with Gasteiger partial charge in [-0.1, -0.05) is 12.5 Å². The monoisotopic (exact) mass is 239 g/mol. The van der Waals surface area contributed by atoms with Crippen LogP contribution in [0.25, 0.3) is 0 Å². The third kappa shape index (κ3) is 5.33. The Kier molecular flexibility index (Phi) is 6.89. The molecule has 1 amide bonds. The average molecular weight is 239 g/mol. The highest BCUT2D eigenvalue weighted by molar-refractivity contribution is 5.76. The minimum atomic E-state index is 0.306. The van der Waals surface area contributed by atoms with Crippen molar-refractivity contribution in [2.24, 2.45) is 5.73 Å². The van der Waals surface area contributed by atoms with Crippen molar-refractivity contribution in [3.63, 3.8) is 0 Å². The maximum Gasteiger partial charge on any atom is 0.222 e. The van der Waals surface area contributed by atoms with Gasteiger partial charge in [0.15, 0.2) is 0 Å². The van der Waals surface area contributed by atoms with Crippen LogP contribution in [-0.2, 0) is 4.79 Å². The van der Waals surface area contributed by atoms with E-state index in [0.29, 0.717) is 12.3 Å². The lowest BCUT2D eigenvalue weighted by molar-refractivity contribution is -0.133. The molecule has 0 aromatic rings. The van der Waals surface area contributed by atoms with Crippen LogP contribution in [0.5, 0.6) is 0 Å². The molecule has 4 heteroatoms. The molecule has 0 aromatic heterocycles. The summed E-state index contributed by atoms with van der Waals surface area (Å²) in [6.07, 6.45) is 5.67. The number of nitrogens with zero attached hydrogens (tertiary/aromatic N) is 2. The fourth-order valence-corrected chi connectivity index (χ4v) is 2.12. The van der Waals surface area contributed by atoms with Gasteiger partial charge in [0, 0.05) is 39.1 Å². The molecule has 1 rings (SSSR count). The molecule has 0 atom stereocenters. The molecule has 0 unspecified atom stereocenters. The van der Waals surface area contributed by atoms with Gasteiger partial charge in [-0.2, -0.15) is 0 Å². The van der Waals surface area contributed by atoms with E-state index in [1.807, 2.05) is 11.0 Å².